The lowest BCUT2D eigenvalue weighted by Gasteiger charge is -2.17. The molecule has 1 aromatic heterocycles. The van der Waals surface area contributed by atoms with Crippen molar-refractivity contribution >= 4 is 33.7 Å². The molecule has 0 amide bonds. The van der Waals surface area contributed by atoms with Gasteiger partial charge in [-0.3, -0.25) is 9.59 Å². The van der Waals surface area contributed by atoms with Crippen LogP contribution < -0.4 is 5.56 Å². The number of aromatic nitrogens is 2. The highest BCUT2D eigenvalue weighted by molar-refractivity contribution is 9.10. The maximum absolute atomic E-state index is 11.2. The molecule has 1 heterocycles. The van der Waals surface area contributed by atoms with Gasteiger partial charge in [-0.15, -0.1) is 0 Å². The molecule has 0 aliphatic heterocycles. The molecule has 0 aliphatic carbocycles. The van der Waals surface area contributed by atoms with Gasteiger partial charge in [0.05, 0.1) is 6.33 Å². The van der Waals surface area contributed by atoms with Gasteiger partial charge >= 0.3 is 5.97 Å². The van der Waals surface area contributed by atoms with Crippen LogP contribution in [0, 0.1) is 0 Å². The lowest BCUT2D eigenvalue weighted by Crippen LogP contribution is -2.27. The summed E-state index contributed by atoms with van der Waals surface area (Å²) in [5.74, 6) is -0.957. The molecule has 0 aliphatic rings. The Morgan fingerprint density at radius 1 is 1.67 bits per heavy atom. The summed E-state index contributed by atoms with van der Waals surface area (Å²) >= 11 is 4.08. The quantitative estimate of drug-likeness (QED) is 0.651. The van der Waals surface area contributed by atoms with Gasteiger partial charge in [0.15, 0.2) is 0 Å². The second-order valence-electron chi connectivity index (χ2n) is 3.27. The molecule has 7 heteroatoms. The van der Waals surface area contributed by atoms with Crippen LogP contribution in [0.25, 0.3) is 0 Å². The normalized spacial score (nSPS) is 11.4. The van der Waals surface area contributed by atoms with Crippen LogP contribution in [0.1, 0.15) is 13.8 Å². The number of aromatic amines is 1. The average molecular weight is 293 g/mol. The SMILES string of the molecule is CC(C)(Sc1nc[nH]c(=O)c1Br)C(=O)O. The topological polar surface area (TPSA) is 83.0 Å². The van der Waals surface area contributed by atoms with Crippen molar-refractivity contribution < 1.29 is 9.90 Å². The first-order valence-corrected chi connectivity index (χ1v) is 5.61. The van der Waals surface area contributed by atoms with E-state index < -0.39 is 10.7 Å². The van der Waals surface area contributed by atoms with E-state index in [0.29, 0.717) is 5.03 Å². The van der Waals surface area contributed by atoms with Crippen LogP contribution in [-0.2, 0) is 4.79 Å². The van der Waals surface area contributed by atoms with Crippen LogP contribution in [0.15, 0.2) is 20.6 Å². The van der Waals surface area contributed by atoms with E-state index in [-0.39, 0.29) is 10.0 Å². The predicted octanol–water partition coefficient (Wildman–Crippen LogP) is 1.49. The second-order valence-corrected chi connectivity index (χ2v) is 5.67. The molecule has 0 aromatic carbocycles. The minimum absolute atomic E-state index is 0.254. The van der Waals surface area contributed by atoms with Gasteiger partial charge in [0.1, 0.15) is 14.2 Å². The standard InChI is InChI=1S/C8H9BrN2O3S/c1-8(2,7(13)14)15-6-4(9)5(12)10-3-11-6/h3H,1-2H3,(H,13,14)(H,10,11,12). The van der Waals surface area contributed by atoms with Gasteiger partial charge in [-0.25, -0.2) is 4.98 Å². The molecule has 0 saturated carbocycles. The third-order valence-corrected chi connectivity index (χ3v) is 3.82. The van der Waals surface area contributed by atoms with Gasteiger partial charge in [-0.2, -0.15) is 0 Å². The predicted molar refractivity (Wildman–Crippen MR) is 60.1 cm³/mol. The first-order chi connectivity index (χ1) is 6.84. The van der Waals surface area contributed by atoms with Crippen molar-refractivity contribution in [3.8, 4) is 0 Å². The number of halogens is 1. The number of hydrogen-bond donors (Lipinski definition) is 2. The van der Waals surface area contributed by atoms with Crippen LogP contribution in [0.5, 0.6) is 0 Å². The summed E-state index contributed by atoms with van der Waals surface area (Å²) in [6, 6.07) is 0. The number of rotatable bonds is 3. The zero-order chi connectivity index (χ0) is 11.6. The average Bonchev–Trinajstić information content (AvgIpc) is 2.12. The van der Waals surface area contributed by atoms with E-state index in [2.05, 4.69) is 25.9 Å². The highest BCUT2D eigenvalue weighted by Gasteiger charge is 2.30. The lowest BCUT2D eigenvalue weighted by atomic mass is 10.2. The number of thioether (sulfide) groups is 1. The Bertz CT molecular complexity index is 444. The van der Waals surface area contributed by atoms with Crippen molar-refractivity contribution in [3.63, 3.8) is 0 Å². The van der Waals surface area contributed by atoms with Crippen LogP contribution >= 0.6 is 27.7 Å². The third kappa shape index (κ3) is 2.82. The van der Waals surface area contributed by atoms with Crippen LogP contribution in [0.2, 0.25) is 0 Å². The Labute approximate surface area is 98.4 Å². The second kappa shape index (κ2) is 4.36. The first kappa shape index (κ1) is 12.3. The Balaban J connectivity index is 3.05. The molecular formula is C8H9BrN2O3S. The number of carboxylic acids is 1. The largest absolute Gasteiger partial charge is 0.480 e. The summed E-state index contributed by atoms with van der Waals surface area (Å²) in [5, 5.41) is 9.28. The number of carbonyl (C=O) groups is 1. The molecule has 5 nitrogen and oxygen atoms in total. The molecule has 1 aromatic rings. The fourth-order valence-electron chi connectivity index (χ4n) is 0.723. The minimum atomic E-state index is -1.02. The smallest absolute Gasteiger partial charge is 0.319 e. The highest BCUT2D eigenvalue weighted by Crippen LogP contribution is 2.33. The van der Waals surface area contributed by atoms with Crippen molar-refractivity contribution in [3.05, 3.63) is 21.2 Å². The maximum atomic E-state index is 11.2. The Hall–Kier alpha value is -0.820. The van der Waals surface area contributed by atoms with Crippen LogP contribution in [0.3, 0.4) is 0 Å². The maximum Gasteiger partial charge on any atom is 0.319 e. The van der Waals surface area contributed by atoms with E-state index in [1.807, 2.05) is 0 Å². The van der Waals surface area contributed by atoms with Gasteiger partial charge < -0.3 is 10.1 Å². The summed E-state index contributed by atoms with van der Waals surface area (Å²) in [4.78, 5) is 28.3. The Morgan fingerprint density at radius 3 is 2.80 bits per heavy atom. The molecule has 2 N–H and O–H groups in total. The van der Waals surface area contributed by atoms with Gasteiger partial charge in [0, 0.05) is 0 Å². The molecule has 0 spiro atoms. The third-order valence-electron chi connectivity index (χ3n) is 1.63. The van der Waals surface area contributed by atoms with Crippen LogP contribution in [0.4, 0.5) is 0 Å². The molecule has 0 atom stereocenters. The molecular weight excluding hydrogens is 284 g/mol. The number of nitrogens with one attached hydrogen (secondary N) is 1. The molecule has 0 bridgehead atoms. The van der Waals surface area contributed by atoms with Crippen molar-refractivity contribution in [2.45, 2.75) is 23.6 Å². The first-order valence-electron chi connectivity index (χ1n) is 4.00. The number of nitrogens with zero attached hydrogens (tertiary/aromatic N) is 1. The highest BCUT2D eigenvalue weighted by atomic mass is 79.9. The van der Waals surface area contributed by atoms with E-state index in [0.717, 1.165) is 11.8 Å². The van der Waals surface area contributed by atoms with E-state index in [9.17, 15) is 9.59 Å². The fraction of sp³-hybridized carbons (Fsp3) is 0.375. The molecule has 1 rings (SSSR count). The van der Waals surface area contributed by atoms with E-state index in [1.165, 1.54) is 6.33 Å². The number of H-pyrrole nitrogens is 1. The molecule has 0 fully saturated rings. The van der Waals surface area contributed by atoms with Gasteiger partial charge in [-0.05, 0) is 29.8 Å². The summed E-state index contributed by atoms with van der Waals surface area (Å²) in [6.45, 7) is 3.10. The number of aliphatic carboxylic acids is 1. The zero-order valence-electron chi connectivity index (χ0n) is 8.07. The van der Waals surface area contributed by atoms with Crippen molar-refractivity contribution in [1.29, 1.82) is 0 Å². The van der Waals surface area contributed by atoms with Crippen molar-refractivity contribution in [2.24, 2.45) is 0 Å². The lowest BCUT2D eigenvalue weighted by molar-refractivity contribution is -0.138. The molecule has 15 heavy (non-hydrogen) atoms. The summed E-state index contributed by atoms with van der Waals surface area (Å²) in [5.41, 5.74) is -0.325. The fourth-order valence-corrected chi connectivity index (χ4v) is 2.04. The van der Waals surface area contributed by atoms with Crippen molar-refractivity contribution in [1.82, 2.24) is 9.97 Å². The van der Waals surface area contributed by atoms with Gasteiger partial charge in [0.2, 0.25) is 0 Å². The molecule has 0 radical (unpaired) electrons. The van der Waals surface area contributed by atoms with Gasteiger partial charge in [0.25, 0.3) is 5.56 Å². The summed E-state index contributed by atoms with van der Waals surface area (Å²) < 4.78 is -0.770. The van der Waals surface area contributed by atoms with E-state index in [1.54, 1.807) is 13.8 Å². The minimum Gasteiger partial charge on any atom is -0.480 e. The van der Waals surface area contributed by atoms with E-state index in [4.69, 9.17) is 5.11 Å². The Kier molecular flexibility index (Phi) is 3.56. The van der Waals surface area contributed by atoms with Crippen molar-refractivity contribution in [2.75, 3.05) is 0 Å². The molecule has 0 saturated heterocycles. The summed E-state index contributed by atoms with van der Waals surface area (Å²) in [7, 11) is 0. The number of hydrogen-bond acceptors (Lipinski definition) is 4. The Morgan fingerprint density at radius 2 is 2.27 bits per heavy atom. The molecule has 0 unspecified atom stereocenters. The summed E-state index contributed by atoms with van der Waals surface area (Å²) in [6.07, 6.45) is 1.24. The monoisotopic (exact) mass is 292 g/mol. The van der Waals surface area contributed by atoms with Gasteiger partial charge in [-0.1, -0.05) is 11.8 Å². The van der Waals surface area contributed by atoms with E-state index >= 15 is 0 Å². The number of carboxylic acid groups (broad SMARTS) is 1. The molecule has 82 valence electrons. The van der Waals surface area contributed by atoms with Crippen LogP contribution in [-0.4, -0.2) is 25.8 Å². The zero-order valence-corrected chi connectivity index (χ0v) is 10.5.